The van der Waals surface area contributed by atoms with E-state index in [0.717, 1.165) is 4.90 Å². The Morgan fingerprint density at radius 3 is 2.42 bits per heavy atom. The van der Waals surface area contributed by atoms with E-state index in [1.165, 1.54) is 0 Å². The fourth-order valence-electron chi connectivity index (χ4n) is 2.05. The predicted octanol–water partition coefficient (Wildman–Crippen LogP) is 0.979. The molecule has 1 aliphatic rings. The monoisotopic (exact) mass is 282 g/mol. The minimum atomic E-state index is -4.87. The third-order valence-corrected chi connectivity index (χ3v) is 3.54. The van der Waals surface area contributed by atoms with Gasteiger partial charge in [-0.3, -0.25) is 9.59 Å². The Kier molecular flexibility index (Phi) is 4.44. The predicted molar refractivity (Wildman–Crippen MR) is 60.2 cm³/mol. The number of amides is 1. The van der Waals surface area contributed by atoms with E-state index >= 15 is 0 Å². The fourth-order valence-corrected chi connectivity index (χ4v) is 2.05. The molecular weight excluding hydrogens is 265 g/mol. The van der Waals surface area contributed by atoms with Crippen molar-refractivity contribution in [2.45, 2.75) is 38.4 Å². The first-order chi connectivity index (χ1) is 8.64. The van der Waals surface area contributed by atoms with Gasteiger partial charge in [0.05, 0.1) is 0 Å². The van der Waals surface area contributed by atoms with Gasteiger partial charge in [0.15, 0.2) is 5.41 Å². The number of carbonyl (C=O) groups is 2. The Labute approximate surface area is 108 Å². The maximum atomic E-state index is 12.9. The molecule has 5 nitrogen and oxygen atoms in total. The van der Waals surface area contributed by atoms with E-state index in [1.807, 2.05) is 0 Å². The maximum absolute atomic E-state index is 12.9. The second-order valence-electron chi connectivity index (χ2n) is 4.82. The van der Waals surface area contributed by atoms with Gasteiger partial charge in [0.25, 0.3) is 0 Å². The van der Waals surface area contributed by atoms with Crippen LogP contribution < -0.4 is 5.73 Å². The zero-order chi connectivity index (χ0) is 14.8. The summed E-state index contributed by atoms with van der Waals surface area (Å²) >= 11 is 0. The molecule has 0 spiro atoms. The number of carboxylic acids is 1. The third-order valence-electron chi connectivity index (χ3n) is 3.54. The number of carboxylic acid groups (broad SMARTS) is 1. The number of nitrogens with zero attached hydrogens (tertiary/aromatic N) is 1. The molecule has 0 aromatic carbocycles. The minimum Gasteiger partial charge on any atom is -0.481 e. The Bertz CT molecular complexity index is 373. The number of halogens is 3. The Morgan fingerprint density at radius 1 is 1.47 bits per heavy atom. The number of alkyl halides is 3. The Morgan fingerprint density at radius 2 is 2.05 bits per heavy atom. The van der Waals surface area contributed by atoms with Crippen molar-refractivity contribution in [3.63, 3.8) is 0 Å². The molecule has 2 unspecified atom stereocenters. The van der Waals surface area contributed by atoms with Gasteiger partial charge in [-0.25, -0.2) is 0 Å². The molecule has 1 rings (SSSR count). The SMILES string of the molecule is CCC(N)CC(=O)N1CCC(C(=O)O)(C(F)(F)F)C1. The maximum Gasteiger partial charge on any atom is 0.406 e. The highest BCUT2D eigenvalue weighted by atomic mass is 19.4. The van der Waals surface area contributed by atoms with Crippen LogP contribution in [0.1, 0.15) is 26.2 Å². The van der Waals surface area contributed by atoms with Crippen LogP contribution in [-0.4, -0.2) is 47.2 Å². The van der Waals surface area contributed by atoms with Crippen molar-refractivity contribution >= 4 is 11.9 Å². The van der Waals surface area contributed by atoms with E-state index in [4.69, 9.17) is 10.8 Å². The summed E-state index contributed by atoms with van der Waals surface area (Å²) in [6.45, 7) is 0.724. The summed E-state index contributed by atoms with van der Waals surface area (Å²) in [4.78, 5) is 23.6. The molecule has 0 aromatic rings. The third kappa shape index (κ3) is 2.99. The van der Waals surface area contributed by atoms with Crippen LogP contribution in [0.25, 0.3) is 0 Å². The molecule has 0 radical (unpaired) electrons. The van der Waals surface area contributed by atoms with Gasteiger partial charge in [-0.05, 0) is 12.8 Å². The average Bonchev–Trinajstić information content (AvgIpc) is 2.74. The number of carbonyl (C=O) groups excluding carboxylic acids is 1. The number of hydrogen-bond acceptors (Lipinski definition) is 3. The van der Waals surface area contributed by atoms with Crippen molar-refractivity contribution < 1.29 is 27.9 Å². The van der Waals surface area contributed by atoms with Gasteiger partial charge in [0, 0.05) is 25.6 Å². The first-order valence-corrected chi connectivity index (χ1v) is 5.97. The topological polar surface area (TPSA) is 83.6 Å². The fraction of sp³-hybridized carbons (Fsp3) is 0.818. The van der Waals surface area contributed by atoms with E-state index in [1.54, 1.807) is 6.92 Å². The van der Waals surface area contributed by atoms with Crippen molar-refractivity contribution in [3.8, 4) is 0 Å². The number of nitrogens with two attached hydrogens (primary N) is 1. The van der Waals surface area contributed by atoms with Gasteiger partial charge in [0.1, 0.15) is 0 Å². The summed E-state index contributed by atoms with van der Waals surface area (Å²) in [5, 5.41) is 8.84. The van der Waals surface area contributed by atoms with Crippen LogP contribution in [0.3, 0.4) is 0 Å². The standard InChI is InChI=1S/C11H17F3N2O3/c1-2-7(15)5-8(17)16-4-3-10(6-16,9(18)19)11(12,13)14/h7H,2-6,15H2,1H3,(H,18,19). The molecule has 1 saturated heterocycles. The smallest absolute Gasteiger partial charge is 0.406 e. The summed E-state index contributed by atoms with van der Waals surface area (Å²) in [7, 11) is 0. The van der Waals surface area contributed by atoms with Crippen molar-refractivity contribution in [3.05, 3.63) is 0 Å². The molecule has 2 atom stereocenters. The molecule has 3 N–H and O–H groups in total. The first-order valence-electron chi connectivity index (χ1n) is 5.97. The summed E-state index contributed by atoms with van der Waals surface area (Å²) in [6.07, 6.45) is -5.02. The van der Waals surface area contributed by atoms with E-state index in [0.29, 0.717) is 6.42 Å². The lowest BCUT2D eigenvalue weighted by molar-refractivity contribution is -0.227. The van der Waals surface area contributed by atoms with Crippen LogP contribution in [0.4, 0.5) is 13.2 Å². The van der Waals surface area contributed by atoms with E-state index in [-0.39, 0.29) is 13.0 Å². The molecule has 0 aromatic heterocycles. The number of hydrogen-bond donors (Lipinski definition) is 2. The molecule has 0 saturated carbocycles. The van der Waals surface area contributed by atoms with Gasteiger partial charge in [-0.15, -0.1) is 0 Å². The van der Waals surface area contributed by atoms with Crippen molar-refractivity contribution in [2.75, 3.05) is 13.1 Å². The highest BCUT2D eigenvalue weighted by molar-refractivity contribution is 5.81. The summed E-state index contributed by atoms with van der Waals surface area (Å²) < 4.78 is 38.7. The number of likely N-dealkylation sites (tertiary alicyclic amines) is 1. The van der Waals surface area contributed by atoms with Gasteiger partial charge in [0.2, 0.25) is 5.91 Å². The molecule has 8 heteroatoms. The normalized spacial score (nSPS) is 25.4. The molecular formula is C11H17F3N2O3. The zero-order valence-electron chi connectivity index (χ0n) is 10.5. The lowest BCUT2D eigenvalue weighted by atomic mass is 9.86. The molecule has 1 amide bonds. The first kappa shape index (κ1) is 15.7. The Balaban J connectivity index is 2.81. The molecule has 0 bridgehead atoms. The van der Waals surface area contributed by atoms with Gasteiger partial charge in [-0.2, -0.15) is 13.2 Å². The summed E-state index contributed by atoms with van der Waals surface area (Å²) in [5.41, 5.74) is 2.72. The van der Waals surface area contributed by atoms with Crippen LogP contribution in [-0.2, 0) is 9.59 Å². The van der Waals surface area contributed by atoms with Crippen molar-refractivity contribution in [1.82, 2.24) is 4.90 Å². The van der Waals surface area contributed by atoms with Gasteiger partial charge < -0.3 is 15.7 Å². The highest BCUT2D eigenvalue weighted by Gasteiger charge is 2.64. The molecule has 1 heterocycles. The van der Waals surface area contributed by atoms with E-state index < -0.39 is 42.5 Å². The van der Waals surface area contributed by atoms with Gasteiger partial charge >= 0.3 is 12.1 Å². The highest BCUT2D eigenvalue weighted by Crippen LogP contribution is 2.45. The zero-order valence-corrected chi connectivity index (χ0v) is 10.5. The summed E-state index contributed by atoms with van der Waals surface area (Å²) in [5.74, 6) is -2.46. The van der Waals surface area contributed by atoms with Crippen LogP contribution in [0.15, 0.2) is 0 Å². The summed E-state index contributed by atoms with van der Waals surface area (Å²) in [6, 6.07) is -0.418. The number of aliphatic carboxylic acids is 1. The lowest BCUT2D eigenvalue weighted by Crippen LogP contribution is -2.48. The average molecular weight is 282 g/mol. The largest absolute Gasteiger partial charge is 0.481 e. The van der Waals surface area contributed by atoms with E-state index in [9.17, 15) is 22.8 Å². The minimum absolute atomic E-state index is 0.0654. The second kappa shape index (κ2) is 5.36. The lowest BCUT2D eigenvalue weighted by Gasteiger charge is -2.27. The van der Waals surface area contributed by atoms with Crippen LogP contribution >= 0.6 is 0 Å². The molecule has 19 heavy (non-hydrogen) atoms. The second-order valence-corrected chi connectivity index (χ2v) is 4.82. The quantitative estimate of drug-likeness (QED) is 0.805. The van der Waals surface area contributed by atoms with Crippen LogP contribution in [0.5, 0.6) is 0 Å². The van der Waals surface area contributed by atoms with Crippen molar-refractivity contribution in [1.29, 1.82) is 0 Å². The van der Waals surface area contributed by atoms with Crippen LogP contribution in [0.2, 0.25) is 0 Å². The van der Waals surface area contributed by atoms with Gasteiger partial charge in [-0.1, -0.05) is 6.92 Å². The Hall–Kier alpha value is -1.31. The van der Waals surface area contributed by atoms with Crippen LogP contribution in [0, 0.1) is 5.41 Å². The van der Waals surface area contributed by atoms with Crippen molar-refractivity contribution in [2.24, 2.45) is 11.1 Å². The molecule has 1 fully saturated rings. The molecule has 1 aliphatic heterocycles. The van der Waals surface area contributed by atoms with E-state index in [2.05, 4.69) is 0 Å². The number of rotatable bonds is 4. The molecule has 0 aliphatic carbocycles. The molecule has 110 valence electrons.